The molecule has 1 fully saturated rings. The molecule has 1 aromatic rings. The standard InChI is InChI=1S/C20H36N3O3S/c1-6-7-8-9-13-25-18-17(21-27-22-18)16-11-10-12-23(5,14-16)15-26-19(24)20(2,3)4/h16H,6-15H2,1-5H3/q+1. The Bertz CT molecular complexity index is 600. The van der Waals surface area contributed by atoms with Crippen LogP contribution < -0.4 is 4.74 Å². The fraction of sp³-hybridized carbons (Fsp3) is 0.850. The number of hydrogen-bond acceptors (Lipinski definition) is 6. The number of rotatable bonds is 9. The van der Waals surface area contributed by atoms with Gasteiger partial charge in [-0.1, -0.05) is 26.2 Å². The molecule has 0 radical (unpaired) electrons. The van der Waals surface area contributed by atoms with Crippen molar-refractivity contribution < 1.29 is 18.8 Å². The lowest BCUT2D eigenvalue weighted by molar-refractivity contribution is -0.931. The summed E-state index contributed by atoms with van der Waals surface area (Å²) in [6.07, 6.45) is 6.90. The average Bonchev–Trinajstić information content (AvgIpc) is 3.07. The molecular formula is C20H36N3O3S+. The lowest BCUT2D eigenvalue weighted by Crippen LogP contribution is -2.52. The molecule has 27 heavy (non-hydrogen) atoms. The first-order valence-corrected chi connectivity index (χ1v) is 10.9. The van der Waals surface area contributed by atoms with Gasteiger partial charge in [-0.15, -0.1) is 4.37 Å². The van der Waals surface area contributed by atoms with Gasteiger partial charge in [0, 0.05) is 0 Å². The van der Waals surface area contributed by atoms with Crippen LogP contribution in [-0.2, 0) is 9.53 Å². The van der Waals surface area contributed by atoms with E-state index in [9.17, 15) is 4.79 Å². The van der Waals surface area contributed by atoms with Gasteiger partial charge in [-0.2, -0.15) is 4.37 Å². The number of unbranched alkanes of at least 4 members (excludes halogenated alkanes) is 3. The lowest BCUT2D eigenvalue weighted by atomic mass is 9.93. The Balaban J connectivity index is 1.92. The number of nitrogens with zero attached hydrogens (tertiary/aromatic N) is 3. The van der Waals surface area contributed by atoms with E-state index in [2.05, 4.69) is 22.7 Å². The molecule has 1 saturated heterocycles. The maximum atomic E-state index is 12.1. The number of aromatic nitrogens is 2. The number of quaternary nitrogens is 1. The zero-order valence-corrected chi connectivity index (χ0v) is 18.4. The first kappa shape index (κ1) is 22.1. The number of likely N-dealkylation sites (tertiary alicyclic amines) is 1. The monoisotopic (exact) mass is 398 g/mol. The fourth-order valence-electron chi connectivity index (χ4n) is 3.44. The molecule has 1 aromatic heterocycles. The van der Waals surface area contributed by atoms with Gasteiger partial charge in [0.05, 0.1) is 49.8 Å². The van der Waals surface area contributed by atoms with Crippen LogP contribution in [0.1, 0.15) is 77.8 Å². The summed E-state index contributed by atoms with van der Waals surface area (Å²) in [6.45, 7) is 10.9. The molecule has 7 heteroatoms. The van der Waals surface area contributed by atoms with Crippen molar-refractivity contribution in [1.82, 2.24) is 8.75 Å². The Kier molecular flexibility index (Phi) is 8.04. The molecule has 0 aromatic carbocycles. The van der Waals surface area contributed by atoms with E-state index in [4.69, 9.17) is 9.47 Å². The summed E-state index contributed by atoms with van der Waals surface area (Å²) in [5.74, 6) is 0.874. The second-order valence-corrected chi connectivity index (χ2v) is 9.57. The van der Waals surface area contributed by atoms with E-state index in [0.29, 0.717) is 25.1 Å². The summed E-state index contributed by atoms with van der Waals surface area (Å²) < 4.78 is 21.2. The van der Waals surface area contributed by atoms with E-state index >= 15 is 0 Å². The molecule has 0 aliphatic carbocycles. The Morgan fingerprint density at radius 1 is 1.26 bits per heavy atom. The average molecular weight is 399 g/mol. The van der Waals surface area contributed by atoms with Gasteiger partial charge in [0.15, 0.2) is 0 Å². The largest absolute Gasteiger partial charge is 0.476 e. The van der Waals surface area contributed by atoms with Crippen LogP contribution in [0.3, 0.4) is 0 Å². The van der Waals surface area contributed by atoms with Gasteiger partial charge in [-0.3, -0.25) is 9.28 Å². The van der Waals surface area contributed by atoms with Crippen molar-refractivity contribution in [3.8, 4) is 5.88 Å². The van der Waals surface area contributed by atoms with Gasteiger partial charge in [0.1, 0.15) is 5.69 Å². The summed E-state index contributed by atoms with van der Waals surface area (Å²) in [5, 5.41) is 0. The van der Waals surface area contributed by atoms with E-state index in [-0.39, 0.29) is 5.97 Å². The molecule has 2 heterocycles. The van der Waals surface area contributed by atoms with E-state index in [1.165, 1.54) is 31.0 Å². The predicted molar refractivity (Wildman–Crippen MR) is 108 cm³/mol. The van der Waals surface area contributed by atoms with Crippen LogP contribution in [0.25, 0.3) is 0 Å². The van der Waals surface area contributed by atoms with Gasteiger partial charge >= 0.3 is 5.97 Å². The minimum absolute atomic E-state index is 0.143. The molecule has 2 atom stereocenters. The molecule has 2 rings (SSSR count). The van der Waals surface area contributed by atoms with Crippen molar-refractivity contribution >= 4 is 17.7 Å². The highest BCUT2D eigenvalue weighted by Gasteiger charge is 2.37. The lowest BCUT2D eigenvalue weighted by Gasteiger charge is -2.40. The predicted octanol–water partition coefficient (Wildman–Crippen LogP) is 4.37. The molecule has 0 amide bonds. The number of piperidine rings is 1. The van der Waals surface area contributed by atoms with Gasteiger partial charge < -0.3 is 9.47 Å². The maximum absolute atomic E-state index is 12.1. The molecule has 0 N–H and O–H groups in total. The van der Waals surface area contributed by atoms with Crippen molar-refractivity contribution in [1.29, 1.82) is 0 Å². The smallest absolute Gasteiger partial charge is 0.315 e. The van der Waals surface area contributed by atoms with Crippen molar-refractivity contribution in [3.63, 3.8) is 0 Å². The Morgan fingerprint density at radius 3 is 2.74 bits per heavy atom. The molecule has 6 nitrogen and oxygen atoms in total. The van der Waals surface area contributed by atoms with Crippen molar-refractivity contribution in [3.05, 3.63) is 5.69 Å². The Labute approximate surface area is 168 Å². The third kappa shape index (κ3) is 6.71. The van der Waals surface area contributed by atoms with E-state index in [1.54, 1.807) is 0 Å². The third-order valence-corrected chi connectivity index (χ3v) is 5.66. The topological polar surface area (TPSA) is 61.3 Å². The van der Waals surface area contributed by atoms with Crippen LogP contribution in [0.15, 0.2) is 0 Å². The van der Waals surface area contributed by atoms with Crippen LogP contribution in [0.2, 0.25) is 0 Å². The highest BCUT2D eigenvalue weighted by molar-refractivity contribution is 6.99. The molecule has 154 valence electrons. The van der Waals surface area contributed by atoms with E-state index in [0.717, 1.165) is 42.5 Å². The summed E-state index contributed by atoms with van der Waals surface area (Å²) in [7, 11) is 2.16. The van der Waals surface area contributed by atoms with E-state index in [1.807, 2.05) is 20.8 Å². The van der Waals surface area contributed by atoms with Crippen molar-refractivity contribution in [2.75, 3.05) is 33.5 Å². The molecule has 1 aliphatic rings. The van der Waals surface area contributed by atoms with Crippen LogP contribution in [0.4, 0.5) is 0 Å². The molecular weight excluding hydrogens is 362 g/mol. The van der Waals surface area contributed by atoms with Crippen molar-refractivity contribution in [2.45, 2.75) is 72.1 Å². The maximum Gasteiger partial charge on any atom is 0.315 e. The fourth-order valence-corrected chi connectivity index (χ4v) is 4.02. The quantitative estimate of drug-likeness (QED) is 0.351. The normalized spacial score (nSPS) is 23.2. The summed E-state index contributed by atoms with van der Waals surface area (Å²) in [6, 6.07) is 0. The Hall–Kier alpha value is -1.21. The first-order chi connectivity index (χ1) is 12.7. The summed E-state index contributed by atoms with van der Waals surface area (Å²) in [5.41, 5.74) is 0.521. The van der Waals surface area contributed by atoms with Crippen LogP contribution in [0, 0.1) is 5.41 Å². The molecule has 1 aliphatic heterocycles. The minimum Gasteiger partial charge on any atom is -0.476 e. The van der Waals surface area contributed by atoms with Crippen LogP contribution >= 0.6 is 11.7 Å². The number of carbonyl (C=O) groups excluding carboxylic acids is 1. The number of hydrogen-bond donors (Lipinski definition) is 0. The molecule has 0 saturated carbocycles. The zero-order chi connectivity index (χ0) is 19.9. The second kappa shape index (κ2) is 9.82. The minimum atomic E-state index is -0.466. The summed E-state index contributed by atoms with van der Waals surface area (Å²) in [4.78, 5) is 12.1. The van der Waals surface area contributed by atoms with Gasteiger partial charge in [0.2, 0.25) is 12.6 Å². The molecule has 2 unspecified atom stereocenters. The Morgan fingerprint density at radius 2 is 2.04 bits per heavy atom. The third-order valence-electron chi connectivity index (χ3n) is 5.14. The van der Waals surface area contributed by atoms with Crippen molar-refractivity contribution in [2.24, 2.45) is 5.41 Å². The van der Waals surface area contributed by atoms with Crippen LogP contribution in [0.5, 0.6) is 5.88 Å². The second-order valence-electron chi connectivity index (χ2n) is 9.04. The van der Waals surface area contributed by atoms with Gasteiger partial charge in [-0.25, -0.2) is 0 Å². The zero-order valence-electron chi connectivity index (χ0n) is 17.6. The number of carbonyl (C=O) groups is 1. The first-order valence-electron chi connectivity index (χ1n) is 10.2. The van der Waals surface area contributed by atoms with Gasteiger partial charge in [-0.05, 0) is 40.0 Å². The highest BCUT2D eigenvalue weighted by Crippen LogP contribution is 2.34. The van der Waals surface area contributed by atoms with Crippen LogP contribution in [-0.4, -0.2) is 52.7 Å². The number of ether oxygens (including phenoxy) is 2. The molecule has 0 spiro atoms. The molecule has 0 bridgehead atoms. The van der Waals surface area contributed by atoms with E-state index < -0.39 is 5.41 Å². The number of likely N-dealkylation sites (N-methyl/N-ethyl adjacent to an activating group) is 1. The van der Waals surface area contributed by atoms with Gasteiger partial charge in [0.25, 0.3) is 0 Å². The summed E-state index contributed by atoms with van der Waals surface area (Å²) >= 11 is 1.23. The highest BCUT2D eigenvalue weighted by atomic mass is 32.1. The number of esters is 1. The SMILES string of the molecule is CCCCCCOc1nsnc1C1CCC[N+](C)(COC(=O)C(C)(C)C)C1.